The molecule has 0 unspecified atom stereocenters. The first-order chi connectivity index (χ1) is 12.3. The van der Waals surface area contributed by atoms with Gasteiger partial charge >= 0.3 is 0 Å². The highest BCUT2D eigenvalue weighted by molar-refractivity contribution is 9.10. The van der Waals surface area contributed by atoms with Crippen molar-refractivity contribution in [2.24, 2.45) is 0 Å². The van der Waals surface area contributed by atoms with Crippen LogP contribution in [0.1, 0.15) is 5.82 Å². The smallest absolute Gasteiger partial charge is 0.151 e. The summed E-state index contributed by atoms with van der Waals surface area (Å²) < 4.78 is 1.04. The summed E-state index contributed by atoms with van der Waals surface area (Å²) in [5.74, 6) is 0.579. The van der Waals surface area contributed by atoms with Crippen molar-refractivity contribution in [1.29, 1.82) is 5.26 Å². The number of imidazole rings is 1. The van der Waals surface area contributed by atoms with Gasteiger partial charge in [0.05, 0.1) is 16.4 Å². The molecule has 0 fully saturated rings. The van der Waals surface area contributed by atoms with E-state index in [4.69, 9.17) is 0 Å². The van der Waals surface area contributed by atoms with Crippen molar-refractivity contribution >= 4 is 54.2 Å². The van der Waals surface area contributed by atoms with E-state index in [1.165, 1.54) is 0 Å². The van der Waals surface area contributed by atoms with Gasteiger partial charge in [-0.1, -0.05) is 46.3 Å². The maximum Gasteiger partial charge on any atom is 0.151 e. The van der Waals surface area contributed by atoms with Crippen molar-refractivity contribution in [2.45, 2.75) is 0 Å². The fourth-order valence-electron chi connectivity index (χ4n) is 3.38. The lowest BCUT2D eigenvalue weighted by molar-refractivity contribution is 1.24. The van der Waals surface area contributed by atoms with Gasteiger partial charge in [0.15, 0.2) is 5.82 Å². The highest BCUT2D eigenvalue weighted by atomic mass is 79.9. The number of hydrogen-bond donors (Lipinski definition) is 2. The lowest BCUT2D eigenvalue weighted by Crippen LogP contribution is -2.09. The third-order valence-electron chi connectivity index (χ3n) is 4.50. The summed E-state index contributed by atoms with van der Waals surface area (Å²) in [4.78, 5) is 11.2. The Morgan fingerprint density at radius 2 is 1.76 bits per heavy atom. The van der Waals surface area contributed by atoms with Crippen LogP contribution in [0.3, 0.4) is 0 Å². The number of hydrogen-bond acceptors (Lipinski definition) is 2. The number of halogens is 1. The van der Waals surface area contributed by atoms with E-state index in [2.05, 4.69) is 43.0 Å². The monoisotopic (exact) mass is 386 g/mol. The molecule has 5 aromatic rings. The Morgan fingerprint density at radius 3 is 2.60 bits per heavy atom. The van der Waals surface area contributed by atoms with Gasteiger partial charge in [-0.05, 0) is 29.7 Å². The average molecular weight is 387 g/mol. The molecular weight excluding hydrogens is 376 g/mol. The van der Waals surface area contributed by atoms with Gasteiger partial charge in [-0.2, -0.15) is 5.26 Å². The first-order valence-electron chi connectivity index (χ1n) is 7.84. The Morgan fingerprint density at radius 1 is 0.920 bits per heavy atom. The molecule has 5 heteroatoms. The van der Waals surface area contributed by atoms with Gasteiger partial charge in [0.25, 0.3) is 0 Å². The van der Waals surface area contributed by atoms with Crippen LogP contribution in [0.4, 0.5) is 0 Å². The second-order valence-corrected chi connectivity index (χ2v) is 6.77. The summed E-state index contributed by atoms with van der Waals surface area (Å²) in [6.45, 7) is 0. The van der Waals surface area contributed by atoms with Crippen molar-refractivity contribution < 1.29 is 0 Å². The van der Waals surface area contributed by atoms with Crippen molar-refractivity contribution in [3.05, 3.63) is 70.2 Å². The fourth-order valence-corrected chi connectivity index (χ4v) is 3.84. The summed E-state index contributed by atoms with van der Waals surface area (Å²) in [5, 5.41) is 13.9. The topological polar surface area (TPSA) is 68.3 Å². The lowest BCUT2D eigenvalue weighted by Gasteiger charge is -1.99. The molecule has 5 rings (SSSR count). The molecule has 4 nitrogen and oxygen atoms in total. The molecule has 2 N–H and O–H groups in total. The number of nitrogens with one attached hydrogen (secondary N) is 2. The number of nitrogens with zero attached hydrogens (tertiary/aromatic N) is 2. The number of aromatic nitrogens is 3. The zero-order valence-electron chi connectivity index (χ0n) is 13.0. The van der Waals surface area contributed by atoms with E-state index in [0.717, 1.165) is 42.5 Å². The summed E-state index contributed by atoms with van der Waals surface area (Å²) in [7, 11) is 0. The largest absolute Gasteiger partial charge is 0.353 e. The number of H-pyrrole nitrogens is 2. The molecule has 2 heterocycles. The van der Waals surface area contributed by atoms with Crippen molar-refractivity contribution in [3.63, 3.8) is 0 Å². The van der Waals surface area contributed by atoms with Gasteiger partial charge in [-0.15, -0.1) is 0 Å². The minimum absolute atomic E-state index is 0.510. The Hall–Kier alpha value is -3.10. The van der Waals surface area contributed by atoms with Gasteiger partial charge in [0.1, 0.15) is 11.6 Å². The molecule has 0 aliphatic carbocycles. The van der Waals surface area contributed by atoms with Crippen LogP contribution >= 0.6 is 15.9 Å². The van der Waals surface area contributed by atoms with E-state index in [-0.39, 0.29) is 0 Å². The molecule has 0 spiro atoms. The molecular formula is C20H11BrN4. The average Bonchev–Trinajstić information content (AvgIpc) is 3.22. The summed E-state index contributed by atoms with van der Waals surface area (Å²) in [5.41, 5.74) is 3.29. The minimum Gasteiger partial charge on any atom is -0.353 e. The first kappa shape index (κ1) is 14.3. The molecule has 0 saturated carbocycles. The van der Waals surface area contributed by atoms with E-state index in [1.807, 2.05) is 48.5 Å². The van der Waals surface area contributed by atoms with Crippen molar-refractivity contribution in [3.8, 4) is 6.07 Å². The molecule has 0 aliphatic heterocycles. The first-order valence-corrected chi connectivity index (χ1v) is 8.63. The predicted molar refractivity (Wildman–Crippen MR) is 103 cm³/mol. The molecule has 118 valence electrons. The standard InChI is InChI=1S/C20H11BrN4/c21-14-8-9-17-18-11(14)4-3-5-12(18)19(23-17)13(10-22)20-24-15-6-1-2-7-16(15)25-20/h1-9,23H,(H,24,25)/b19-13+. The summed E-state index contributed by atoms with van der Waals surface area (Å²) in [6, 6.07) is 20.3. The Balaban J connectivity index is 1.94. The Bertz CT molecular complexity index is 1330. The van der Waals surface area contributed by atoms with E-state index in [1.54, 1.807) is 0 Å². The number of fused-ring (bicyclic) bond motifs is 1. The Labute approximate surface area is 150 Å². The highest BCUT2D eigenvalue weighted by Gasteiger charge is 2.14. The van der Waals surface area contributed by atoms with Crippen LogP contribution in [-0.4, -0.2) is 15.0 Å². The van der Waals surface area contributed by atoms with Crippen LogP contribution in [0, 0.1) is 11.3 Å². The van der Waals surface area contributed by atoms with Gasteiger partial charge in [-0.25, -0.2) is 4.98 Å². The third-order valence-corrected chi connectivity index (χ3v) is 5.20. The molecule has 3 aromatic carbocycles. The van der Waals surface area contributed by atoms with E-state index in [9.17, 15) is 5.26 Å². The maximum absolute atomic E-state index is 9.84. The molecule has 0 amide bonds. The van der Waals surface area contributed by atoms with Crippen LogP contribution < -0.4 is 5.35 Å². The quantitative estimate of drug-likeness (QED) is 0.448. The maximum atomic E-state index is 9.84. The third kappa shape index (κ3) is 2.01. The van der Waals surface area contributed by atoms with Crippen LogP contribution in [0.25, 0.3) is 38.3 Å². The number of benzene rings is 3. The van der Waals surface area contributed by atoms with Gasteiger partial charge in [0.2, 0.25) is 0 Å². The summed E-state index contributed by atoms with van der Waals surface area (Å²) in [6.07, 6.45) is 0. The van der Waals surface area contributed by atoms with E-state index < -0.39 is 0 Å². The van der Waals surface area contributed by atoms with Crippen LogP contribution in [0.5, 0.6) is 0 Å². The molecule has 25 heavy (non-hydrogen) atoms. The molecule has 0 aliphatic rings. The molecule has 0 bridgehead atoms. The second kappa shape index (κ2) is 5.20. The normalized spacial score (nSPS) is 12.8. The van der Waals surface area contributed by atoms with Gasteiger partial charge in [0, 0.05) is 20.8 Å². The minimum atomic E-state index is 0.510. The van der Waals surface area contributed by atoms with E-state index in [0.29, 0.717) is 11.4 Å². The molecule has 2 aromatic heterocycles. The van der Waals surface area contributed by atoms with Gasteiger partial charge in [-0.3, -0.25) is 0 Å². The number of aromatic amines is 2. The lowest BCUT2D eigenvalue weighted by atomic mass is 10.1. The van der Waals surface area contributed by atoms with Crippen molar-refractivity contribution in [2.75, 3.05) is 0 Å². The SMILES string of the molecule is N#C/C(c1nc2ccccc2[nH]1)=c1\[nH]c2ccc(Br)c3cccc1c23. The number of nitriles is 1. The Kier molecular flexibility index (Phi) is 2.97. The summed E-state index contributed by atoms with van der Waals surface area (Å²) >= 11 is 3.61. The van der Waals surface area contributed by atoms with Crippen LogP contribution in [0.2, 0.25) is 0 Å². The molecule has 0 saturated heterocycles. The van der Waals surface area contributed by atoms with Crippen LogP contribution in [0.15, 0.2) is 59.1 Å². The fraction of sp³-hybridized carbons (Fsp3) is 0. The zero-order valence-corrected chi connectivity index (χ0v) is 14.6. The zero-order chi connectivity index (χ0) is 17.0. The van der Waals surface area contributed by atoms with Crippen LogP contribution in [-0.2, 0) is 0 Å². The number of rotatable bonds is 1. The van der Waals surface area contributed by atoms with Crippen molar-refractivity contribution in [1.82, 2.24) is 15.0 Å². The molecule has 0 atom stereocenters. The molecule has 0 radical (unpaired) electrons. The van der Waals surface area contributed by atoms with E-state index >= 15 is 0 Å². The number of para-hydroxylation sites is 2. The second-order valence-electron chi connectivity index (χ2n) is 5.91. The van der Waals surface area contributed by atoms with Gasteiger partial charge < -0.3 is 9.97 Å². The highest BCUT2D eigenvalue weighted by Crippen LogP contribution is 2.30. The predicted octanol–water partition coefficient (Wildman–Crippen LogP) is 4.40.